The van der Waals surface area contributed by atoms with Crippen molar-refractivity contribution in [2.45, 2.75) is 32.4 Å². The Morgan fingerprint density at radius 3 is 2.50 bits per heavy atom. The summed E-state index contributed by atoms with van der Waals surface area (Å²) in [6.45, 7) is 4.67. The van der Waals surface area contributed by atoms with Gasteiger partial charge >= 0.3 is 0 Å². The molecule has 1 amide bonds. The summed E-state index contributed by atoms with van der Waals surface area (Å²) in [5, 5.41) is 5.66. The minimum Gasteiger partial charge on any atom is -0.496 e. The average molecular weight is 403 g/mol. The Bertz CT molecular complexity index is 1010. The van der Waals surface area contributed by atoms with Crippen molar-refractivity contribution in [1.82, 2.24) is 10.2 Å². The van der Waals surface area contributed by atoms with E-state index in [-0.39, 0.29) is 11.8 Å². The van der Waals surface area contributed by atoms with E-state index in [1.807, 2.05) is 24.3 Å². The molecule has 1 fully saturated rings. The summed E-state index contributed by atoms with van der Waals surface area (Å²) >= 11 is 0. The maximum atomic E-state index is 12.7. The molecule has 4 rings (SSSR count). The Morgan fingerprint density at radius 2 is 1.73 bits per heavy atom. The summed E-state index contributed by atoms with van der Waals surface area (Å²) < 4.78 is 5.37. The van der Waals surface area contributed by atoms with E-state index in [9.17, 15) is 4.79 Å². The molecule has 3 aromatic rings. The highest BCUT2D eigenvalue weighted by molar-refractivity contribution is 5.83. The lowest BCUT2D eigenvalue weighted by Crippen LogP contribution is -2.41. The fourth-order valence-corrected chi connectivity index (χ4v) is 4.40. The molecule has 4 nitrogen and oxygen atoms in total. The molecule has 0 unspecified atom stereocenters. The van der Waals surface area contributed by atoms with Crippen LogP contribution >= 0.6 is 0 Å². The molecule has 30 heavy (non-hydrogen) atoms. The largest absolute Gasteiger partial charge is 0.496 e. The van der Waals surface area contributed by atoms with Crippen LogP contribution in [0.4, 0.5) is 0 Å². The third-order valence-electron chi connectivity index (χ3n) is 6.35. The molecule has 3 aromatic carbocycles. The molecule has 0 aliphatic carbocycles. The molecule has 1 N–H and O–H groups in total. The van der Waals surface area contributed by atoms with Crippen molar-refractivity contribution in [3.05, 3.63) is 77.9 Å². The molecule has 0 spiro atoms. The van der Waals surface area contributed by atoms with Gasteiger partial charge in [0.1, 0.15) is 5.75 Å². The molecule has 1 aliphatic rings. The molecule has 1 saturated heterocycles. The van der Waals surface area contributed by atoms with E-state index in [0.717, 1.165) is 37.2 Å². The molecular weight excluding hydrogens is 372 g/mol. The topological polar surface area (TPSA) is 41.6 Å². The third-order valence-corrected chi connectivity index (χ3v) is 6.35. The standard InChI is InChI=1S/C26H30N2O2/c1-19(22-12-11-20-7-3-4-8-23(20)17-22)28-15-13-21(14-16-28)26(29)27-18-24-9-5-6-10-25(24)30-2/h3-12,17,19,21H,13-16,18H2,1-2H3,(H,27,29)/t19-/m1/s1. The highest BCUT2D eigenvalue weighted by Crippen LogP contribution is 2.29. The summed E-state index contributed by atoms with van der Waals surface area (Å²) in [7, 11) is 1.66. The number of nitrogens with zero attached hydrogens (tertiary/aromatic N) is 1. The van der Waals surface area contributed by atoms with Crippen LogP contribution in [0.15, 0.2) is 66.7 Å². The van der Waals surface area contributed by atoms with Crippen molar-refractivity contribution >= 4 is 16.7 Å². The van der Waals surface area contributed by atoms with Crippen LogP contribution in [0.2, 0.25) is 0 Å². The second kappa shape index (κ2) is 9.31. The first kappa shape index (κ1) is 20.4. The summed E-state index contributed by atoms with van der Waals surface area (Å²) in [6.07, 6.45) is 1.80. The fourth-order valence-electron chi connectivity index (χ4n) is 4.40. The van der Waals surface area contributed by atoms with Gasteiger partial charge in [-0.3, -0.25) is 9.69 Å². The first-order chi connectivity index (χ1) is 14.7. The van der Waals surface area contributed by atoms with Gasteiger partial charge in [0, 0.05) is 24.1 Å². The molecule has 1 atom stereocenters. The highest BCUT2D eigenvalue weighted by Gasteiger charge is 2.27. The minimum atomic E-state index is 0.0831. The smallest absolute Gasteiger partial charge is 0.223 e. The van der Waals surface area contributed by atoms with Crippen LogP contribution in [0.1, 0.15) is 36.9 Å². The number of para-hydroxylation sites is 1. The molecule has 0 saturated carbocycles. The van der Waals surface area contributed by atoms with Crippen LogP contribution in [0.3, 0.4) is 0 Å². The van der Waals surface area contributed by atoms with E-state index in [2.05, 4.69) is 59.6 Å². The lowest BCUT2D eigenvalue weighted by atomic mass is 9.93. The van der Waals surface area contributed by atoms with Crippen molar-refractivity contribution in [3.63, 3.8) is 0 Å². The number of nitrogens with one attached hydrogen (secondary N) is 1. The number of rotatable bonds is 6. The first-order valence-electron chi connectivity index (χ1n) is 10.8. The van der Waals surface area contributed by atoms with Crippen molar-refractivity contribution in [2.24, 2.45) is 5.92 Å². The number of methoxy groups -OCH3 is 1. The number of amides is 1. The van der Waals surface area contributed by atoms with Gasteiger partial charge in [0.2, 0.25) is 5.91 Å². The molecule has 0 aromatic heterocycles. The number of hydrogen-bond acceptors (Lipinski definition) is 3. The number of benzene rings is 3. The summed E-state index contributed by atoms with van der Waals surface area (Å²) in [6, 6.07) is 23.4. The first-order valence-corrected chi connectivity index (χ1v) is 10.8. The number of carbonyl (C=O) groups is 1. The van der Waals surface area contributed by atoms with Gasteiger partial charge in [-0.2, -0.15) is 0 Å². The minimum absolute atomic E-state index is 0.0831. The Balaban J connectivity index is 1.32. The molecule has 0 radical (unpaired) electrons. The van der Waals surface area contributed by atoms with E-state index in [1.54, 1.807) is 7.11 Å². The Kier molecular flexibility index (Phi) is 6.34. The van der Waals surface area contributed by atoms with Gasteiger partial charge in [-0.15, -0.1) is 0 Å². The zero-order valence-electron chi connectivity index (χ0n) is 17.8. The molecule has 1 heterocycles. The van der Waals surface area contributed by atoms with Crippen LogP contribution in [0.25, 0.3) is 10.8 Å². The summed E-state index contributed by atoms with van der Waals surface area (Å²) in [5.74, 6) is 1.05. The number of carbonyl (C=O) groups excluding carboxylic acids is 1. The lowest BCUT2D eigenvalue weighted by Gasteiger charge is -2.35. The van der Waals surface area contributed by atoms with Crippen LogP contribution in [0, 0.1) is 5.92 Å². The van der Waals surface area contributed by atoms with Gasteiger partial charge in [-0.25, -0.2) is 0 Å². The van der Waals surface area contributed by atoms with Crippen molar-refractivity contribution < 1.29 is 9.53 Å². The van der Waals surface area contributed by atoms with E-state index in [1.165, 1.54) is 16.3 Å². The number of hydrogen-bond donors (Lipinski definition) is 1. The quantitative estimate of drug-likeness (QED) is 0.635. The molecular formula is C26H30N2O2. The van der Waals surface area contributed by atoms with Gasteiger partial charge in [-0.1, -0.05) is 54.6 Å². The Hall–Kier alpha value is -2.85. The zero-order chi connectivity index (χ0) is 20.9. The number of fused-ring (bicyclic) bond motifs is 1. The Morgan fingerprint density at radius 1 is 1.03 bits per heavy atom. The highest BCUT2D eigenvalue weighted by atomic mass is 16.5. The number of likely N-dealkylation sites (tertiary alicyclic amines) is 1. The van der Waals surface area contributed by atoms with Gasteiger partial charge in [0.15, 0.2) is 0 Å². The predicted octanol–water partition coefficient (Wildman–Crippen LogP) is 4.94. The summed E-state index contributed by atoms with van der Waals surface area (Å²) in [5.41, 5.74) is 2.35. The van der Waals surface area contributed by atoms with E-state index in [0.29, 0.717) is 12.6 Å². The average Bonchev–Trinajstić information content (AvgIpc) is 2.82. The van der Waals surface area contributed by atoms with E-state index < -0.39 is 0 Å². The molecule has 1 aliphatic heterocycles. The Labute approximate surface area is 178 Å². The van der Waals surface area contributed by atoms with Crippen LogP contribution in [-0.4, -0.2) is 31.0 Å². The van der Waals surface area contributed by atoms with Crippen molar-refractivity contribution in [1.29, 1.82) is 0 Å². The van der Waals surface area contributed by atoms with Crippen LogP contribution in [0.5, 0.6) is 5.75 Å². The van der Waals surface area contributed by atoms with Gasteiger partial charge < -0.3 is 10.1 Å². The number of piperidine rings is 1. The monoisotopic (exact) mass is 402 g/mol. The SMILES string of the molecule is COc1ccccc1CNC(=O)C1CCN([C@H](C)c2ccc3ccccc3c2)CC1. The molecule has 0 bridgehead atoms. The van der Waals surface area contributed by atoms with Crippen LogP contribution < -0.4 is 10.1 Å². The maximum absolute atomic E-state index is 12.7. The number of ether oxygens (including phenoxy) is 1. The molecule has 4 heteroatoms. The maximum Gasteiger partial charge on any atom is 0.223 e. The van der Waals surface area contributed by atoms with Crippen molar-refractivity contribution in [2.75, 3.05) is 20.2 Å². The second-order valence-electron chi connectivity index (χ2n) is 8.12. The van der Waals surface area contributed by atoms with Gasteiger partial charge in [0.25, 0.3) is 0 Å². The van der Waals surface area contributed by atoms with E-state index in [4.69, 9.17) is 4.74 Å². The summed E-state index contributed by atoms with van der Waals surface area (Å²) in [4.78, 5) is 15.2. The van der Waals surface area contributed by atoms with Crippen molar-refractivity contribution in [3.8, 4) is 5.75 Å². The lowest BCUT2D eigenvalue weighted by molar-refractivity contribution is -0.126. The van der Waals surface area contributed by atoms with Gasteiger partial charge in [0.05, 0.1) is 7.11 Å². The van der Waals surface area contributed by atoms with Gasteiger partial charge in [-0.05, 0) is 61.3 Å². The van der Waals surface area contributed by atoms with E-state index >= 15 is 0 Å². The normalized spacial score (nSPS) is 16.3. The third kappa shape index (κ3) is 4.49. The zero-order valence-corrected chi connectivity index (χ0v) is 17.8. The van der Waals surface area contributed by atoms with Crippen LogP contribution in [-0.2, 0) is 11.3 Å². The molecule has 156 valence electrons. The fraction of sp³-hybridized carbons (Fsp3) is 0.346. The predicted molar refractivity (Wildman–Crippen MR) is 122 cm³/mol. The second-order valence-corrected chi connectivity index (χ2v) is 8.12.